The Balaban J connectivity index is 2.64. The first-order chi connectivity index (χ1) is 9.39. The van der Waals surface area contributed by atoms with Crippen molar-refractivity contribution in [2.45, 2.75) is 13.8 Å². The first kappa shape index (κ1) is 16.4. The number of amides is 1. The average molecular weight is 300 g/mol. The smallest absolute Gasteiger partial charge is 0.253 e. The standard InChI is InChI=1S/C12H20N4O3S/c1-3-15-20(18,19)7-6-14-12(17)10-5-4-9(2)8-11(10)16-13/h4-5,8,15-16H,3,6-7,13H2,1-2H3,(H,14,17). The molecule has 0 aliphatic rings. The summed E-state index contributed by atoms with van der Waals surface area (Å²) >= 11 is 0. The molecule has 5 N–H and O–H groups in total. The van der Waals surface area contributed by atoms with Crippen LogP contribution in [0.5, 0.6) is 0 Å². The van der Waals surface area contributed by atoms with E-state index in [4.69, 9.17) is 5.84 Å². The van der Waals surface area contributed by atoms with Crippen molar-refractivity contribution in [1.29, 1.82) is 0 Å². The van der Waals surface area contributed by atoms with E-state index >= 15 is 0 Å². The molecule has 0 radical (unpaired) electrons. The number of nitrogens with two attached hydrogens (primary N) is 1. The molecule has 1 rings (SSSR count). The van der Waals surface area contributed by atoms with Gasteiger partial charge < -0.3 is 10.7 Å². The topological polar surface area (TPSA) is 113 Å². The van der Waals surface area contributed by atoms with Gasteiger partial charge >= 0.3 is 0 Å². The van der Waals surface area contributed by atoms with Crippen LogP contribution in [0, 0.1) is 6.92 Å². The Hall–Kier alpha value is -1.64. The maximum absolute atomic E-state index is 12.0. The number of anilines is 1. The summed E-state index contributed by atoms with van der Waals surface area (Å²) in [5.74, 6) is 4.83. The van der Waals surface area contributed by atoms with Crippen LogP contribution < -0.4 is 21.3 Å². The summed E-state index contributed by atoms with van der Waals surface area (Å²) in [7, 11) is -3.34. The number of rotatable bonds is 7. The van der Waals surface area contributed by atoms with Gasteiger partial charge in [-0.05, 0) is 24.6 Å². The first-order valence-corrected chi connectivity index (χ1v) is 7.87. The zero-order valence-corrected chi connectivity index (χ0v) is 12.4. The van der Waals surface area contributed by atoms with Gasteiger partial charge in [0.05, 0.1) is 17.0 Å². The van der Waals surface area contributed by atoms with E-state index in [1.807, 2.05) is 6.92 Å². The minimum Gasteiger partial charge on any atom is -0.351 e. The highest BCUT2D eigenvalue weighted by atomic mass is 32.2. The number of aryl methyl sites for hydroxylation is 1. The summed E-state index contributed by atoms with van der Waals surface area (Å²) in [5.41, 5.74) is 4.29. The number of benzene rings is 1. The molecule has 1 aromatic carbocycles. The molecular formula is C12H20N4O3S. The van der Waals surface area contributed by atoms with Gasteiger partial charge in [-0.25, -0.2) is 13.1 Å². The van der Waals surface area contributed by atoms with Crippen LogP contribution in [0.4, 0.5) is 5.69 Å². The summed E-state index contributed by atoms with van der Waals surface area (Å²) in [6, 6.07) is 5.16. The molecule has 0 saturated carbocycles. The molecule has 0 spiro atoms. The highest BCUT2D eigenvalue weighted by Crippen LogP contribution is 2.16. The van der Waals surface area contributed by atoms with Crippen LogP contribution in [0.25, 0.3) is 0 Å². The van der Waals surface area contributed by atoms with Crippen LogP contribution in [0.3, 0.4) is 0 Å². The molecule has 1 amide bonds. The van der Waals surface area contributed by atoms with E-state index in [9.17, 15) is 13.2 Å². The summed E-state index contributed by atoms with van der Waals surface area (Å²) in [6.45, 7) is 3.94. The lowest BCUT2D eigenvalue weighted by Crippen LogP contribution is -2.34. The summed E-state index contributed by atoms with van der Waals surface area (Å²) in [5, 5.41) is 2.55. The number of nitrogen functional groups attached to an aromatic ring is 1. The lowest BCUT2D eigenvalue weighted by Gasteiger charge is -2.10. The molecule has 112 valence electrons. The number of hydrazine groups is 1. The molecule has 0 fully saturated rings. The Morgan fingerprint density at radius 1 is 1.35 bits per heavy atom. The fourth-order valence-electron chi connectivity index (χ4n) is 1.66. The van der Waals surface area contributed by atoms with Gasteiger partial charge in [-0.1, -0.05) is 13.0 Å². The van der Waals surface area contributed by atoms with Gasteiger partial charge in [0, 0.05) is 13.1 Å². The molecule has 0 saturated heterocycles. The molecule has 0 atom stereocenters. The number of hydrogen-bond donors (Lipinski definition) is 4. The van der Waals surface area contributed by atoms with Gasteiger partial charge in [0.2, 0.25) is 10.0 Å². The van der Waals surface area contributed by atoms with Crippen LogP contribution in [0.15, 0.2) is 18.2 Å². The maximum atomic E-state index is 12.0. The largest absolute Gasteiger partial charge is 0.351 e. The van der Waals surface area contributed by atoms with Crippen molar-refractivity contribution in [3.8, 4) is 0 Å². The Bertz CT molecular complexity index is 572. The lowest BCUT2D eigenvalue weighted by atomic mass is 10.1. The molecular weight excluding hydrogens is 280 g/mol. The minimum atomic E-state index is -3.34. The van der Waals surface area contributed by atoms with E-state index in [2.05, 4.69) is 15.5 Å². The molecule has 0 heterocycles. The van der Waals surface area contributed by atoms with Crippen molar-refractivity contribution in [2.24, 2.45) is 5.84 Å². The molecule has 0 aliphatic carbocycles. The maximum Gasteiger partial charge on any atom is 0.253 e. The van der Waals surface area contributed by atoms with E-state index in [-0.39, 0.29) is 18.2 Å². The van der Waals surface area contributed by atoms with Crippen molar-refractivity contribution < 1.29 is 13.2 Å². The SMILES string of the molecule is CCNS(=O)(=O)CCNC(=O)c1ccc(C)cc1NN. The summed E-state index contributed by atoms with van der Waals surface area (Å²) in [6.07, 6.45) is 0. The third kappa shape index (κ3) is 4.80. The fourth-order valence-corrected chi connectivity index (χ4v) is 2.62. The van der Waals surface area contributed by atoms with E-state index in [0.717, 1.165) is 5.56 Å². The molecule has 0 bridgehead atoms. The summed E-state index contributed by atoms with van der Waals surface area (Å²) < 4.78 is 25.2. The molecule has 0 unspecified atom stereocenters. The predicted molar refractivity (Wildman–Crippen MR) is 78.8 cm³/mol. The second-order valence-corrected chi connectivity index (χ2v) is 6.19. The zero-order valence-electron chi connectivity index (χ0n) is 11.6. The first-order valence-electron chi connectivity index (χ1n) is 6.22. The van der Waals surface area contributed by atoms with Gasteiger partial charge in [-0.3, -0.25) is 10.6 Å². The Morgan fingerprint density at radius 2 is 2.05 bits per heavy atom. The van der Waals surface area contributed by atoms with Crippen LogP contribution >= 0.6 is 0 Å². The van der Waals surface area contributed by atoms with Gasteiger partial charge in [0.15, 0.2) is 0 Å². The predicted octanol–water partition coefficient (Wildman–Crippen LogP) is -0.0503. The third-order valence-electron chi connectivity index (χ3n) is 2.60. The third-order valence-corrected chi connectivity index (χ3v) is 4.07. The average Bonchev–Trinajstić information content (AvgIpc) is 2.37. The number of nitrogens with one attached hydrogen (secondary N) is 3. The molecule has 0 aliphatic heterocycles. The normalized spacial score (nSPS) is 11.2. The summed E-state index contributed by atoms with van der Waals surface area (Å²) in [4.78, 5) is 12.0. The minimum absolute atomic E-state index is 0.0338. The van der Waals surface area contributed by atoms with Crippen molar-refractivity contribution in [1.82, 2.24) is 10.0 Å². The lowest BCUT2D eigenvalue weighted by molar-refractivity contribution is 0.0957. The number of hydrogen-bond acceptors (Lipinski definition) is 5. The van der Waals surface area contributed by atoms with E-state index in [1.165, 1.54) is 0 Å². The molecule has 0 aromatic heterocycles. The Kier molecular flexibility index (Phi) is 5.93. The van der Waals surface area contributed by atoms with Gasteiger partial charge in [0.1, 0.15) is 0 Å². The molecule has 7 nitrogen and oxygen atoms in total. The fraction of sp³-hybridized carbons (Fsp3) is 0.417. The van der Waals surface area contributed by atoms with E-state index in [0.29, 0.717) is 17.8 Å². The monoisotopic (exact) mass is 300 g/mol. The van der Waals surface area contributed by atoms with Crippen LogP contribution in [0.1, 0.15) is 22.8 Å². The highest BCUT2D eigenvalue weighted by Gasteiger charge is 2.13. The number of carbonyl (C=O) groups excluding carboxylic acids is 1. The number of sulfonamides is 1. The molecule has 8 heteroatoms. The zero-order chi connectivity index (χ0) is 15.2. The van der Waals surface area contributed by atoms with Crippen molar-refractivity contribution in [3.05, 3.63) is 29.3 Å². The van der Waals surface area contributed by atoms with Crippen LogP contribution in [-0.2, 0) is 10.0 Å². The Labute approximate surface area is 119 Å². The second-order valence-electron chi connectivity index (χ2n) is 4.27. The van der Waals surface area contributed by atoms with Crippen LogP contribution in [0.2, 0.25) is 0 Å². The molecule has 1 aromatic rings. The van der Waals surface area contributed by atoms with E-state index in [1.54, 1.807) is 25.1 Å². The van der Waals surface area contributed by atoms with Gasteiger partial charge in [-0.2, -0.15) is 0 Å². The second kappa shape index (κ2) is 7.22. The number of carbonyl (C=O) groups is 1. The Morgan fingerprint density at radius 3 is 2.65 bits per heavy atom. The van der Waals surface area contributed by atoms with Crippen molar-refractivity contribution in [2.75, 3.05) is 24.3 Å². The molecule has 20 heavy (non-hydrogen) atoms. The quantitative estimate of drug-likeness (QED) is 0.416. The van der Waals surface area contributed by atoms with Crippen molar-refractivity contribution in [3.63, 3.8) is 0 Å². The van der Waals surface area contributed by atoms with E-state index < -0.39 is 10.0 Å². The highest BCUT2D eigenvalue weighted by molar-refractivity contribution is 7.89. The van der Waals surface area contributed by atoms with Gasteiger partial charge in [-0.15, -0.1) is 0 Å². The van der Waals surface area contributed by atoms with Crippen LogP contribution in [-0.4, -0.2) is 33.2 Å². The van der Waals surface area contributed by atoms with Crippen molar-refractivity contribution >= 4 is 21.6 Å². The van der Waals surface area contributed by atoms with Gasteiger partial charge in [0.25, 0.3) is 5.91 Å².